The number of thiazole rings is 1. The largest absolute Gasteiger partial charge is 0.293 e. The minimum atomic E-state index is 0.0659. The second kappa shape index (κ2) is 8.36. The molecule has 0 unspecified atom stereocenters. The lowest BCUT2D eigenvalue weighted by Crippen LogP contribution is -2.00. The van der Waals surface area contributed by atoms with Gasteiger partial charge in [-0.1, -0.05) is 6.07 Å². The molecule has 0 saturated carbocycles. The monoisotopic (exact) mass is 401 g/mol. The van der Waals surface area contributed by atoms with E-state index < -0.39 is 0 Å². The van der Waals surface area contributed by atoms with Crippen LogP contribution in [0, 0.1) is 13.8 Å². The van der Waals surface area contributed by atoms with Crippen molar-refractivity contribution in [1.29, 1.82) is 0 Å². The topological polar surface area (TPSA) is 81.5 Å². The lowest BCUT2D eigenvalue weighted by molar-refractivity contribution is 0.0986. The van der Waals surface area contributed by atoms with Crippen molar-refractivity contribution in [2.45, 2.75) is 26.7 Å². The second-order valence-corrected chi connectivity index (χ2v) is 7.75. The first kappa shape index (κ1) is 19.0. The van der Waals surface area contributed by atoms with Crippen molar-refractivity contribution in [3.8, 4) is 22.1 Å². The molecule has 0 N–H and O–H groups in total. The smallest absolute Gasteiger partial charge is 0.188 e. The molecule has 4 heterocycles. The summed E-state index contributed by atoms with van der Waals surface area (Å²) in [6, 6.07) is 7.83. The minimum Gasteiger partial charge on any atom is -0.293 e. The van der Waals surface area contributed by atoms with Gasteiger partial charge in [0.1, 0.15) is 0 Å². The highest BCUT2D eigenvalue weighted by Crippen LogP contribution is 2.24. The Kier molecular flexibility index (Phi) is 5.48. The third kappa shape index (κ3) is 4.41. The molecule has 0 aromatic carbocycles. The lowest BCUT2D eigenvalue weighted by Gasteiger charge is -2.08. The predicted molar refractivity (Wildman–Crippen MR) is 113 cm³/mol. The van der Waals surface area contributed by atoms with Crippen LogP contribution >= 0.6 is 11.3 Å². The molecule has 0 atom stereocenters. The number of hydrogen-bond donors (Lipinski definition) is 0. The Labute approximate surface area is 172 Å². The molecule has 0 aliphatic rings. The first-order chi connectivity index (χ1) is 14.1. The number of hydrogen-bond acceptors (Lipinski definition) is 7. The van der Waals surface area contributed by atoms with Gasteiger partial charge in [-0.15, -0.1) is 11.3 Å². The number of pyridine rings is 2. The molecule has 144 valence electrons. The fraction of sp³-hybridized carbons (Fsp3) is 0.182. The number of ketones is 1. The fourth-order valence-corrected chi connectivity index (χ4v) is 3.89. The Balaban J connectivity index is 1.43. The zero-order valence-corrected chi connectivity index (χ0v) is 17.0. The Hall–Kier alpha value is -3.32. The molecule has 6 nitrogen and oxygen atoms in total. The first-order valence-corrected chi connectivity index (χ1v) is 10.1. The average Bonchev–Trinajstić information content (AvgIpc) is 3.23. The maximum absolute atomic E-state index is 12.6. The van der Waals surface area contributed by atoms with Gasteiger partial charge < -0.3 is 0 Å². The molecular formula is C22H19N5OS. The molecule has 0 radical (unpaired) electrons. The molecule has 0 fully saturated rings. The summed E-state index contributed by atoms with van der Waals surface area (Å²) in [5, 5.41) is 0.656. The van der Waals surface area contributed by atoms with Gasteiger partial charge in [-0.25, -0.2) is 15.0 Å². The third-order valence-corrected chi connectivity index (χ3v) is 5.52. The van der Waals surface area contributed by atoms with Crippen LogP contribution in [-0.2, 0) is 6.42 Å². The molecule has 0 amide bonds. The van der Waals surface area contributed by atoms with Gasteiger partial charge in [0.05, 0.1) is 10.6 Å². The summed E-state index contributed by atoms with van der Waals surface area (Å²) in [7, 11) is 0. The van der Waals surface area contributed by atoms with Crippen molar-refractivity contribution >= 4 is 17.1 Å². The number of carbonyl (C=O) groups is 1. The zero-order valence-electron chi connectivity index (χ0n) is 16.2. The van der Waals surface area contributed by atoms with Crippen molar-refractivity contribution in [1.82, 2.24) is 24.9 Å². The van der Waals surface area contributed by atoms with Crippen molar-refractivity contribution in [2.75, 3.05) is 0 Å². The van der Waals surface area contributed by atoms with E-state index in [1.54, 1.807) is 30.9 Å². The van der Waals surface area contributed by atoms with Gasteiger partial charge in [0.15, 0.2) is 16.6 Å². The van der Waals surface area contributed by atoms with E-state index >= 15 is 0 Å². The Morgan fingerprint density at radius 3 is 2.55 bits per heavy atom. The van der Waals surface area contributed by atoms with Gasteiger partial charge in [-0.3, -0.25) is 14.8 Å². The van der Waals surface area contributed by atoms with Crippen LogP contribution in [0.25, 0.3) is 22.1 Å². The van der Waals surface area contributed by atoms with Crippen molar-refractivity contribution < 1.29 is 4.79 Å². The molecule has 0 bridgehead atoms. The molecule has 4 aromatic heterocycles. The van der Waals surface area contributed by atoms with Crippen LogP contribution in [-0.4, -0.2) is 30.7 Å². The number of aromatic nitrogens is 5. The fourth-order valence-electron chi connectivity index (χ4n) is 3.06. The van der Waals surface area contributed by atoms with E-state index in [1.165, 1.54) is 11.3 Å². The summed E-state index contributed by atoms with van der Waals surface area (Å²) < 4.78 is 0. The normalized spacial score (nSPS) is 10.8. The highest BCUT2D eigenvalue weighted by atomic mass is 32.1. The summed E-state index contributed by atoms with van der Waals surface area (Å²) >= 11 is 1.33. The molecule has 4 rings (SSSR count). The third-order valence-electron chi connectivity index (χ3n) is 4.48. The second-order valence-electron chi connectivity index (χ2n) is 6.72. The maximum atomic E-state index is 12.6. The van der Waals surface area contributed by atoms with E-state index in [2.05, 4.69) is 31.0 Å². The van der Waals surface area contributed by atoms with Gasteiger partial charge in [0.25, 0.3) is 0 Å². The molecule has 29 heavy (non-hydrogen) atoms. The van der Waals surface area contributed by atoms with Crippen LogP contribution in [0.3, 0.4) is 0 Å². The highest BCUT2D eigenvalue weighted by Gasteiger charge is 2.14. The van der Waals surface area contributed by atoms with Crippen LogP contribution in [0.4, 0.5) is 0 Å². The van der Waals surface area contributed by atoms with E-state index in [1.807, 2.05) is 32.2 Å². The summed E-state index contributed by atoms with van der Waals surface area (Å²) in [5.41, 5.74) is 5.09. The van der Waals surface area contributed by atoms with Gasteiger partial charge >= 0.3 is 0 Å². The van der Waals surface area contributed by atoms with Crippen LogP contribution in [0.1, 0.15) is 32.9 Å². The lowest BCUT2D eigenvalue weighted by atomic mass is 10.0. The van der Waals surface area contributed by atoms with Crippen molar-refractivity contribution in [3.05, 3.63) is 76.9 Å². The summed E-state index contributed by atoms with van der Waals surface area (Å²) in [4.78, 5) is 34.7. The van der Waals surface area contributed by atoms with E-state index in [0.717, 1.165) is 28.1 Å². The zero-order chi connectivity index (χ0) is 20.2. The number of nitrogens with zero attached hydrogens (tertiary/aromatic N) is 5. The van der Waals surface area contributed by atoms with Crippen LogP contribution in [0.2, 0.25) is 0 Å². The molecular weight excluding hydrogens is 382 g/mol. The first-order valence-electron chi connectivity index (χ1n) is 9.25. The number of Topliss-reactive ketones (excluding diaryl/α,β-unsaturated/α-hetero) is 1. The SMILES string of the molecule is Cc1cc(-c2ncc(CCC(=O)c3cnc(-c4ncccn4)s3)cc2C)ccn1. The number of rotatable bonds is 6. The summed E-state index contributed by atoms with van der Waals surface area (Å²) in [6.07, 6.45) is 9.62. The Morgan fingerprint density at radius 1 is 0.966 bits per heavy atom. The van der Waals surface area contributed by atoms with Crippen molar-refractivity contribution in [3.63, 3.8) is 0 Å². The Morgan fingerprint density at radius 2 is 1.79 bits per heavy atom. The minimum absolute atomic E-state index is 0.0659. The van der Waals surface area contributed by atoms with Gasteiger partial charge in [-0.2, -0.15) is 0 Å². The van der Waals surface area contributed by atoms with E-state index in [-0.39, 0.29) is 5.78 Å². The van der Waals surface area contributed by atoms with E-state index in [9.17, 15) is 4.79 Å². The number of carbonyl (C=O) groups excluding carboxylic acids is 1. The van der Waals surface area contributed by atoms with Crippen LogP contribution in [0.15, 0.2) is 55.2 Å². The summed E-state index contributed by atoms with van der Waals surface area (Å²) in [5.74, 6) is 0.606. The quantitative estimate of drug-likeness (QED) is 0.443. The van der Waals surface area contributed by atoms with Crippen molar-refractivity contribution in [2.24, 2.45) is 0 Å². The van der Waals surface area contributed by atoms with Gasteiger partial charge in [0.2, 0.25) is 0 Å². The number of aryl methyl sites for hydroxylation is 3. The van der Waals surface area contributed by atoms with E-state index in [4.69, 9.17) is 0 Å². The maximum Gasteiger partial charge on any atom is 0.188 e. The molecule has 0 spiro atoms. The highest BCUT2D eigenvalue weighted by molar-refractivity contribution is 7.16. The van der Waals surface area contributed by atoms with Crippen LogP contribution in [0.5, 0.6) is 0 Å². The molecule has 7 heteroatoms. The van der Waals surface area contributed by atoms with Crippen LogP contribution < -0.4 is 0 Å². The van der Waals surface area contributed by atoms with Gasteiger partial charge in [-0.05, 0) is 49.6 Å². The predicted octanol–water partition coefficient (Wildman–Crippen LogP) is 4.49. The molecule has 4 aromatic rings. The van der Waals surface area contributed by atoms with Gasteiger partial charge in [0, 0.05) is 48.7 Å². The molecule has 0 aliphatic heterocycles. The molecule has 0 saturated heterocycles. The summed E-state index contributed by atoms with van der Waals surface area (Å²) in [6.45, 7) is 4.01. The molecule has 0 aliphatic carbocycles. The average molecular weight is 401 g/mol. The Bertz CT molecular complexity index is 1160. The van der Waals surface area contributed by atoms with E-state index in [0.29, 0.717) is 28.6 Å². The standard InChI is InChI=1S/C22H19N5OS/c1-14-10-16(12-26-20(14)17-6-9-23-15(2)11-17)4-5-18(28)19-13-27-22(29-19)21-24-7-3-8-25-21/h3,6-13H,4-5H2,1-2H3.